The Morgan fingerprint density at radius 3 is 2.50 bits per heavy atom. The van der Waals surface area contributed by atoms with Crippen molar-refractivity contribution in [1.82, 2.24) is 5.32 Å². The van der Waals surface area contributed by atoms with E-state index in [1.165, 1.54) is 11.3 Å². The third-order valence-electron chi connectivity index (χ3n) is 2.58. The number of nitrogens with one attached hydrogen (secondary N) is 1. The van der Waals surface area contributed by atoms with Crippen LogP contribution < -0.4 is 5.32 Å². The summed E-state index contributed by atoms with van der Waals surface area (Å²) in [6.07, 6.45) is -0.0822. The van der Waals surface area contributed by atoms with Gasteiger partial charge in [-0.15, -0.1) is 11.3 Å². The molecule has 2 rings (SSSR count). The molecule has 0 fully saturated rings. The topological polar surface area (TPSA) is 66.4 Å². The number of thiophene rings is 1. The van der Waals surface area contributed by atoms with Crippen molar-refractivity contribution in [3.63, 3.8) is 0 Å². The van der Waals surface area contributed by atoms with Crippen molar-refractivity contribution in [2.45, 2.75) is 6.42 Å². The predicted octanol–water partition coefficient (Wildman–Crippen LogP) is 3.27. The Morgan fingerprint density at radius 2 is 1.85 bits per heavy atom. The van der Waals surface area contributed by atoms with E-state index < -0.39 is 5.97 Å². The molecule has 2 aromatic rings. The predicted molar refractivity (Wildman–Crippen MR) is 79.4 cm³/mol. The van der Waals surface area contributed by atoms with Gasteiger partial charge in [-0.3, -0.25) is 9.59 Å². The summed E-state index contributed by atoms with van der Waals surface area (Å²) in [5.41, 5.74) is 0.990. The highest BCUT2D eigenvalue weighted by Gasteiger charge is 2.10. The van der Waals surface area contributed by atoms with Gasteiger partial charge in [-0.1, -0.05) is 23.7 Å². The average molecular weight is 310 g/mol. The minimum absolute atomic E-state index is 0.0822. The smallest absolute Gasteiger partial charge is 0.305 e. The molecule has 1 heterocycles. The molecule has 0 saturated carbocycles. The van der Waals surface area contributed by atoms with Gasteiger partial charge >= 0.3 is 5.97 Å². The molecule has 1 aromatic carbocycles. The molecule has 104 valence electrons. The Labute approximate surface area is 125 Å². The Kier molecular flexibility index (Phi) is 4.76. The summed E-state index contributed by atoms with van der Waals surface area (Å²) >= 11 is 7.19. The van der Waals surface area contributed by atoms with E-state index in [1.807, 2.05) is 18.2 Å². The highest BCUT2D eigenvalue weighted by Crippen LogP contribution is 2.28. The number of carbonyl (C=O) groups excluding carboxylic acids is 1. The lowest BCUT2D eigenvalue weighted by Gasteiger charge is -2.00. The molecule has 0 saturated heterocycles. The number of carboxylic acid groups (broad SMARTS) is 1. The molecule has 0 unspecified atom stereocenters. The maximum absolute atomic E-state index is 11.8. The molecule has 1 amide bonds. The Bertz CT molecular complexity index is 622. The number of carbonyl (C=O) groups is 2. The number of aliphatic carboxylic acids is 1. The van der Waals surface area contributed by atoms with Gasteiger partial charge in [0.05, 0.1) is 11.3 Å². The van der Waals surface area contributed by atoms with E-state index >= 15 is 0 Å². The second-order valence-electron chi connectivity index (χ2n) is 4.07. The molecule has 20 heavy (non-hydrogen) atoms. The largest absolute Gasteiger partial charge is 0.481 e. The van der Waals surface area contributed by atoms with Crippen LogP contribution in [0, 0.1) is 0 Å². The van der Waals surface area contributed by atoms with Crippen molar-refractivity contribution < 1.29 is 14.7 Å². The number of benzene rings is 1. The van der Waals surface area contributed by atoms with E-state index in [0.717, 1.165) is 10.4 Å². The molecule has 0 bridgehead atoms. The van der Waals surface area contributed by atoms with E-state index in [9.17, 15) is 9.59 Å². The van der Waals surface area contributed by atoms with Crippen molar-refractivity contribution in [2.24, 2.45) is 0 Å². The third kappa shape index (κ3) is 3.82. The van der Waals surface area contributed by atoms with Crippen LogP contribution in [-0.4, -0.2) is 23.5 Å². The summed E-state index contributed by atoms with van der Waals surface area (Å²) in [5.74, 6) is -1.19. The van der Waals surface area contributed by atoms with Crippen molar-refractivity contribution in [3.8, 4) is 10.4 Å². The minimum atomic E-state index is -0.932. The second-order valence-corrected chi connectivity index (χ2v) is 5.59. The molecule has 0 atom stereocenters. The zero-order chi connectivity index (χ0) is 14.5. The highest BCUT2D eigenvalue weighted by atomic mass is 35.5. The Hall–Kier alpha value is -1.85. The van der Waals surface area contributed by atoms with E-state index in [-0.39, 0.29) is 18.9 Å². The lowest BCUT2D eigenvalue weighted by Crippen LogP contribution is -2.25. The quantitative estimate of drug-likeness (QED) is 0.890. The van der Waals surface area contributed by atoms with E-state index in [4.69, 9.17) is 16.7 Å². The fourth-order valence-electron chi connectivity index (χ4n) is 1.60. The number of halogens is 1. The van der Waals surface area contributed by atoms with Gasteiger partial charge in [0.15, 0.2) is 0 Å². The number of amides is 1. The highest BCUT2D eigenvalue weighted by molar-refractivity contribution is 7.17. The molecule has 0 radical (unpaired) electrons. The number of hydrogen-bond donors (Lipinski definition) is 2. The molecule has 1 aromatic heterocycles. The van der Waals surface area contributed by atoms with Crippen LogP contribution in [0.25, 0.3) is 10.4 Å². The summed E-state index contributed by atoms with van der Waals surface area (Å²) in [6.45, 7) is 0.127. The molecular weight excluding hydrogens is 298 g/mol. The maximum Gasteiger partial charge on any atom is 0.305 e. The van der Waals surface area contributed by atoms with Gasteiger partial charge < -0.3 is 10.4 Å². The van der Waals surface area contributed by atoms with Crippen molar-refractivity contribution in [1.29, 1.82) is 0 Å². The summed E-state index contributed by atoms with van der Waals surface area (Å²) in [4.78, 5) is 23.7. The third-order valence-corrected chi connectivity index (χ3v) is 3.97. The van der Waals surface area contributed by atoms with Crippen LogP contribution in [0.3, 0.4) is 0 Å². The summed E-state index contributed by atoms with van der Waals surface area (Å²) in [7, 11) is 0. The fraction of sp³-hybridized carbons (Fsp3) is 0.143. The Balaban J connectivity index is 2.03. The lowest BCUT2D eigenvalue weighted by molar-refractivity contribution is -0.136. The molecule has 4 nitrogen and oxygen atoms in total. The normalized spacial score (nSPS) is 10.2. The average Bonchev–Trinajstić information content (AvgIpc) is 2.88. The van der Waals surface area contributed by atoms with Gasteiger partial charge in [-0.2, -0.15) is 0 Å². The van der Waals surface area contributed by atoms with Crippen LogP contribution in [-0.2, 0) is 4.79 Å². The van der Waals surface area contributed by atoms with Gasteiger partial charge in [0, 0.05) is 16.4 Å². The van der Waals surface area contributed by atoms with Gasteiger partial charge in [0.2, 0.25) is 0 Å². The maximum atomic E-state index is 11.8. The number of rotatable bonds is 5. The van der Waals surface area contributed by atoms with Gasteiger partial charge in [0.1, 0.15) is 0 Å². The SMILES string of the molecule is O=C(O)CCNC(=O)c1ccc(-c2ccc(Cl)cc2)s1. The monoisotopic (exact) mass is 309 g/mol. The first-order valence-electron chi connectivity index (χ1n) is 5.92. The van der Waals surface area contributed by atoms with Crippen molar-refractivity contribution in [2.75, 3.05) is 6.54 Å². The second kappa shape index (κ2) is 6.54. The number of carboxylic acids is 1. The van der Waals surface area contributed by atoms with Crippen molar-refractivity contribution >= 4 is 34.8 Å². The molecule has 0 aliphatic heterocycles. The van der Waals surface area contributed by atoms with Crippen LogP contribution in [0.4, 0.5) is 0 Å². The summed E-state index contributed by atoms with van der Waals surface area (Å²) < 4.78 is 0. The van der Waals surface area contributed by atoms with Crippen LogP contribution in [0.1, 0.15) is 16.1 Å². The molecule has 0 spiro atoms. The zero-order valence-electron chi connectivity index (χ0n) is 10.4. The molecule has 0 aliphatic carbocycles. The molecule has 2 N–H and O–H groups in total. The lowest BCUT2D eigenvalue weighted by atomic mass is 10.2. The fourth-order valence-corrected chi connectivity index (χ4v) is 2.65. The Morgan fingerprint density at radius 1 is 1.15 bits per heavy atom. The first-order chi connectivity index (χ1) is 9.56. The van der Waals surface area contributed by atoms with E-state index in [0.29, 0.717) is 9.90 Å². The van der Waals surface area contributed by atoms with Crippen molar-refractivity contribution in [3.05, 3.63) is 46.3 Å². The summed E-state index contributed by atoms with van der Waals surface area (Å²) in [5, 5.41) is 11.8. The number of hydrogen-bond acceptors (Lipinski definition) is 3. The zero-order valence-corrected chi connectivity index (χ0v) is 12.0. The first-order valence-corrected chi connectivity index (χ1v) is 7.11. The minimum Gasteiger partial charge on any atom is -0.481 e. The molecule has 0 aliphatic rings. The van der Waals surface area contributed by atoms with Gasteiger partial charge in [-0.05, 0) is 29.8 Å². The molecular formula is C14H12ClNO3S. The summed E-state index contributed by atoms with van der Waals surface area (Å²) in [6, 6.07) is 11.0. The van der Waals surface area contributed by atoms with Crippen LogP contribution >= 0.6 is 22.9 Å². The van der Waals surface area contributed by atoms with E-state index in [1.54, 1.807) is 18.2 Å². The van der Waals surface area contributed by atoms with E-state index in [2.05, 4.69) is 5.32 Å². The first kappa shape index (κ1) is 14.6. The van der Waals surface area contributed by atoms with Crippen LogP contribution in [0.2, 0.25) is 5.02 Å². The van der Waals surface area contributed by atoms with Crippen LogP contribution in [0.15, 0.2) is 36.4 Å². The van der Waals surface area contributed by atoms with Crippen LogP contribution in [0.5, 0.6) is 0 Å². The van der Waals surface area contributed by atoms with Gasteiger partial charge in [0.25, 0.3) is 5.91 Å². The van der Waals surface area contributed by atoms with Gasteiger partial charge in [-0.25, -0.2) is 0 Å². The molecule has 6 heteroatoms. The standard InChI is InChI=1S/C14H12ClNO3S/c15-10-3-1-9(2-4-10)11-5-6-12(20-11)14(19)16-8-7-13(17)18/h1-6H,7-8H2,(H,16,19)(H,17,18).